The average molecular weight is 313 g/mol. The van der Waals surface area contributed by atoms with Crippen molar-refractivity contribution in [2.45, 2.75) is 25.3 Å². The highest BCUT2D eigenvalue weighted by Gasteiger charge is 2.33. The molecule has 1 aromatic heterocycles. The molecule has 0 aliphatic carbocycles. The Bertz CT molecular complexity index is 431. The van der Waals surface area contributed by atoms with E-state index in [1.807, 2.05) is 6.92 Å². The quantitative estimate of drug-likeness (QED) is 0.869. The molecule has 1 aliphatic heterocycles. The Hall–Kier alpha value is -0.940. The molecule has 0 spiro atoms. The Kier molecular flexibility index (Phi) is 4.35. The van der Waals surface area contributed by atoms with Crippen LogP contribution in [0.5, 0.6) is 0 Å². The van der Waals surface area contributed by atoms with Gasteiger partial charge in [0.1, 0.15) is 0 Å². The number of amides is 1. The fourth-order valence-corrected chi connectivity index (χ4v) is 2.79. The third-order valence-corrected chi connectivity index (χ3v) is 4.41. The minimum absolute atomic E-state index is 0.0537. The predicted octanol–water partition coefficient (Wildman–Crippen LogP) is 2.06. The molecule has 2 rings (SSSR count). The lowest BCUT2D eigenvalue weighted by atomic mass is 9.92. The first-order valence-corrected chi connectivity index (χ1v) is 7.17. The molecule has 2 heterocycles. The van der Waals surface area contributed by atoms with Gasteiger partial charge in [0, 0.05) is 30.4 Å². The van der Waals surface area contributed by atoms with Crippen LogP contribution in [0, 0.1) is 6.92 Å². The molecule has 4 nitrogen and oxygen atoms in total. The highest BCUT2D eigenvalue weighted by molar-refractivity contribution is 9.09. The number of aromatic nitrogens is 1. The minimum Gasteiger partial charge on any atom is -0.381 e. The number of ether oxygens (including phenoxy) is 1. The number of carbonyl (C=O) groups excluding carboxylic acids is 1. The number of nitrogens with zero attached hydrogens (tertiary/aromatic N) is 1. The van der Waals surface area contributed by atoms with Crippen LogP contribution in [0.25, 0.3) is 0 Å². The summed E-state index contributed by atoms with van der Waals surface area (Å²) in [6.45, 7) is 3.23. The molecule has 1 aromatic rings. The third kappa shape index (κ3) is 2.90. The summed E-state index contributed by atoms with van der Waals surface area (Å²) < 4.78 is 5.35. The van der Waals surface area contributed by atoms with Crippen LogP contribution in [-0.2, 0) is 4.74 Å². The first kappa shape index (κ1) is 13.5. The maximum Gasteiger partial charge on any atom is 0.253 e. The first-order chi connectivity index (χ1) is 8.67. The lowest BCUT2D eigenvalue weighted by molar-refractivity contribution is 0.0441. The van der Waals surface area contributed by atoms with Gasteiger partial charge in [-0.3, -0.25) is 9.78 Å². The van der Waals surface area contributed by atoms with Gasteiger partial charge in [-0.2, -0.15) is 0 Å². The molecule has 18 heavy (non-hydrogen) atoms. The van der Waals surface area contributed by atoms with Gasteiger partial charge in [0.15, 0.2) is 0 Å². The van der Waals surface area contributed by atoms with E-state index in [9.17, 15) is 4.79 Å². The number of pyridine rings is 1. The minimum atomic E-state index is -0.197. The normalized spacial score (nSPS) is 18.3. The highest BCUT2D eigenvalue weighted by atomic mass is 79.9. The molecule has 0 bridgehead atoms. The molecule has 5 heteroatoms. The molecule has 0 radical (unpaired) electrons. The van der Waals surface area contributed by atoms with Crippen molar-refractivity contribution in [1.29, 1.82) is 0 Å². The number of nitrogens with one attached hydrogen (secondary N) is 1. The van der Waals surface area contributed by atoms with E-state index in [0.29, 0.717) is 18.8 Å². The van der Waals surface area contributed by atoms with Crippen LogP contribution in [0.1, 0.15) is 28.9 Å². The lowest BCUT2D eigenvalue weighted by Gasteiger charge is -2.36. The number of hydrogen-bond acceptors (Lipinski definition) is 3. The molecule has 0 atom stereocenters. The molecule has 1 fully saturated rings. The molecule has 1 aliphatic rings. The Morgan fingerprint density at radius 1 is 1.56 bits per heavy atom. The van der Waals surface area contributed by atoms with Crippen molar-refractivity contribution < 1.29 is 9.53 Å². The highest BCUT2D eigenvalue weighted by Crippen LogP contribution is 2.23. The van der Waals surface area contributed by atoms with Gasteiger partial charge in [0.2, 0.25) is 0 Å². The van der Waals surface area contributed by atoms with Gasteiger partial charge in [-0.25, -0.2) is 0 Å². The van der Waals surface area contributed by atoms with E-state index in [1.165, 1.54) is 0 Å². The molecule has 1 N–H and O–H groups in total. The van der Waals surface area contributed by atoms with Gasteiger partial charge in [0.05, 0.1) is 11.1 Å². The van der Waals surface area contributed by atoms with Crippen LogP contribution in [0.2, 0.25) is 0 Å². The van der Waals surface area contributed by atoms with E-state index in [1.54, 1.807) is 18.3 Å². The van der Waals surface area contributed by atoms with Crippen molar-refractivity contribution in [2.24, 2.45) is 0 Å². The van der Waals surface area contributed by atoms with Gasteiger partial charge in [-0.05, 0) is 31.9 Å². The van der Waals surface area contributed by atoms with Gasteiger partial charge in [0.25, 0.3) is 5.91 Å². The summed E-state index contributed by atoms with van der Waals surface area (Å²) in [6.07, 6.45) is 3.37. The largest absolute Gasteiger partial charge is 0.381 e. The molecular weight excluding hydrogens is 296 g/mol. The van der Waals surface area contributed by atoms with E-state index in [4.69, 9.17) is 4.74 Å². The summed E-state index contributed by atoms with van der Waals surface area (Å²) in [6, 6.07) is 3.59. The van der Waals surface area contributed by atoms with E-state index >= 15 is 0 Å². The van der Waals surface area contributed by atoms with Crippen molar-refractivity contribution in [3.8, 4) is 0 Å². The summed E-state index contributed by atoms with van der Waals surface area (Å²) >= 11 is 3.50. The van der Waals surface area contributed by atoms with Crippen LogP contribution < -0.4 is 5.32 Å². The van der Waals surface area contributed by atoms with Crippen LogP contribution in [0.4, 0.5) is 0 Å². The van der Waals surface area contributed by atoms with Crippen molar-refractivity contribution in [3.05, 3.63) is 29.6 Å². The van der Waals surface area contributed by atoms with Crippen LogP contribution in [0.3, 0.4) is 0 Å². The third-order valence-electron chi connectivity index (χ3n) is 3.34. The monoisotopic (exact) mass is 312 g/mol. The first-order valence-electron chi connectivity index (χ1n) is 6.05. The van der Waals surface area contributed by atoms with Crippen molar-refractivity contribution in [3.63, 3.8) is 0 Å². The molecule has 1 saturated heterocycles. The van der Waals surface area contributed by atoms with Gasteiger partial charge < -0.3 is 10.1 Å². The summed E-state index contributed by atoms with van der Waals surface area (Å²) in [5.74, 6) is -0.0537. The topological polar surface area (TPSA) is 51.2 Å². The zero-order chi connectivity index (χ0) is 13.0. The summed E-state index contributed by atoms with van der Waals surface area (Å²) in [5, 5.41) is 3.88. The Morgan fingerprint density at radius 3 is 2.89 bits per heavy atom. The SMILES string of the molecule is Cc1ncccc1C(=O)NC1(CBr)CCOCC1. The van der Waals surface area contributed by atoms with Crippen LogP contribution >= 0.6 is 15.9 Å². The molecule has 98 valence electrons. The Balaban J connectivity index is 2.13. The van der Waals surface area contributed by atoms with E-state index in [0.717, 1.165) is 23.9 Å². The summed E-state index contributed by atoms with van der Waals surface area (Å²) in [7, 11) is 0. The molecule has 0 aromatic carbocycles. The molecule has 0 unspecified atom stereocenters. The fourth-order valence-electron chi connectivity index (χ4n) is 2.09. The Labute approximate surface area is 115 Å². The van der Waals surface area contributed by atoms with Gasteiger partial charge in [-0.1, -0.05) is 15.9 Å². The smallest absolute Gasteiger partial charge is 0.253 e. The average Bonchev–Trinajstić information content (AvgIpc) is 2.40. The summed E-state index contributed by atoms with van der Waals surface area (Å²) in [4.78, 5) is 16.4. The predicted molar refractivity (Wildman–Crippen MR) is 73.0 cm³/mol. The lowest BCUT2D eigenvalue weighted by Crippen LogP contribution is -2.53. The number of alkyl halides is 1. The van der Waals surface area contributed by atoms with Crippen molar-refractivity contribution in [1.82, 2.24) is 10.3 Å². The second kappa shape index (κ2) is 5.80. The number of halogens is 1. The molecule has 0 saturated carbocycles. The van der Waals surface area contributed by atoms with Crippen LogP contribution in [-0.4, -0.2) is 35.0 Å². The maximum atomic E-state index is 12.3. The standard InChI is InChI=1S/C13H17BrN2O2/c1-10-11(3-2-6-15-10)12(17)16-13(9-14)4-7-18-8-5-13/h2-3,6H,4-5,7-9H2,1H3,(H,16,17). The summed E-state index contributed by atoms with van der Waals surface area (Å²) in [5.41, 5.74) is 1.20. The van der Waals surface area contributed by atoms with Gasteiger partial charge >= 0.3 is 0 Å². The Morgan fingerprint density at radius 2 is 2.28 bits per heavy atom. The van der Waals surface area contributed by atoms with Gasteiger partial charge in [-0.15, -0.1) is 0 Å². The molecular formula is C13H17BrN2O2. The second-order valence-electron chi connectivity index (χ2n) is 4.62. The zero-order valence-corrected chi connectivity index (χ0v) is 12.0. The number of aryl methyl sites for hydroxylation is 1. The fraction of sp³-hybridized carbons (Fsp3) is 0.538. The number of carbonyl (C=O) groups is 1. The van der Waals surface area contributed by atoms with E-state index in [-0.39, 0.29) is 11.4 Å². The second-order valence-corrected chi connectivity index (χ2v) is 5.18. The van der Waals surface area contributed by atoms with Crippen molar-refractivity contribution >= 4 is 21.8 Å². The van der Waals surface area contributed by atoms with Crippen LogP contribution in [0.15, 0.2) is 18.3 Å². The maximum absolute atomic E-state index is 12.3. The number of rotatable bonds is 3. The number of hydrogen-bond donors (Lipinski definition) is 1. The zero-order valence-electron chi connectivity index (χ0n) is 10.4. The van der Waals surface area contributed by atoms with E-state index in [2.05, 4.69) is 26.2 Å². The van der Waals surface area contributed by atoms with E-state index < -0.39 is 0 Å². The molecule has 1 amide bonds. The van der Waals surface area contributed by atoms with Crippen molar-refractivity contribution in [2.75, 3.05) is 18.5 Å².